The summed E-state index contributed by atoms with van der Waals surface area (Å²) >= 11 is 6.03. The third kappa shape index (κ3) is 5.41. The summed E-state index contributed by atoms with van der Waals surface area (Å²) in [6.45, 7) is 3.86. The number of rotatable bonds is 7. The Morgan fingerprint density at radius 1 is 1.06 bits per heavy atom. The number of Topliss-reactive ketones (excluding diaryl/α,β-unsaturated/α-hetero) is 1. The molecule has 186 valence electrons. The highest BCUT2D eigenvalue weighted by Gasteiger charge is 2.28. The van der Waals surface area contributed by atoms with E-state index in [0.29, 0.717) is 46.8 Å². The van der Waals surface area contributed by atoms with E-state index in [1.165, 1.54) is 10.6 Å². The average Bonchev–Trinajstić information content (AvgIpc) is 2.85. The fourth-order valence-corrected chi connectivity index (χ4v) is 4.52. The van der Waals surface area contributed by atoms with E-state index in [9.17, 15) is 19.2 Å². The highest BCUT2D eigenvalue weighted by molar-refractivity contribution is 6.30. The van der Waals surface area contributed by atoms with Crippen molar-refractivity contribution in [3.63, 3.8) is 0 Å². The van der Waals surface area contributed by atoms with Gasteiger partial charge in [0.25, 0.3) is 11.5 Å². The number of fused-ring (bicyclic) bond motifs is 1. The molecule has 1 unspecified atom stereocenters. The molecule has 0 bridgehead atoms. The van der Waals surface area contributed by atoms with E-state index in [1.54, 1.807) is 31.2 Å². The minimum absolute atomic E-state index is 0.0993. The van der Waals surface area contributed by atoms with Gasteiger partial charge in [0.2, 0.25) is 0 Å². The van der Waals surface area contributed by atoms with Gasteiger partial charge in [0.15, 0.2) is 5.78 Å². The lowest BCUT2D eigenvalue weighted by atomic mass is 9.92. The number of aromatic nitrogens is 1. The second kappa shape index (κ2) is 10.9. The molecule has 1 N–H and O–H groups in total. The molecule has 1 aliphatic carbocycles. The molecule has 36 heavy (non-hydrogen) atoms. The predicted molar refractivity (Wildman–Crippen MR) is 137 cm³/mol. The predicted octanol–water partition coefficient (Wildman–Crippen LogP) is 4.74. The highest BCUT2D eigenvalue weighted by atomic mass is 35.5. The first kappa shape index (κ1) is 25.4. The van der Waals surface area contributed by atoms with Gasteiger partial charge >= 0.3 is 5.97 Å². The summed E-state index contributed by atoms with van der Waals surface area (Å²) in [6, 6.07) is 14.7. The first-order chi connectivity index (χ1) is 17.3. The molecule has 1 aromatic heterocycles. The van der Waals surface area contributed by atoms with Crippen LogP contribution in [0.4, 0.5) is 0 Å². The number of carbonyl (C=O) groups excluding carboxylic acids is 3. The van der Waals surface area contributed by atoms with Gasteiger partial charge in [-0.3, -0.25) is 23.7 Å². The van der Waals surface area contributed by atoms with Crippen molar-refractivity contribution in [3.8, 4) is 5.69 Å². The fraction of sp³-hybridized carbons (Fsp3) is 0.286. The summed E-state index contributed by atoms with van der Waals surface area (Å²) in [5.41, 5.74) is 2.48. The molecule has 0 aliphatic heterocycles. The maximum absolute atomic E-state index is 13.6. The lowest BCUT2D eigenvalue weighted by Gasteiger charge is -2.23. The maximum Gasteiger partial charge on any atom is 0.308 e. The average molecular weight is 507 g/mol. The summed E-state index contributed by atoms with van der Waals surface area (Å²) < 4.78 is 6.51. The summed E-state index contributed by atoms with van der Waals surface area (Å²) in [4.78, 5) is 52.2. The minimum Gasteiger partial charge on any atom is -0.466 e. The molecule has 1 heterocycles. The maximum atomic E-state index is 13.6. The van der Waals surface area contributed by atoms with E-state index in [-0.39, 0.29) is 24.4 Å². The smallest absolute Gasteiger partial charge is 0.308 e. The van der Waals surface area contributed by atoms with E-state index in [2.05, 4.69) is 5.32 Å². The molecule has 3 aromatic rings. The molecular weight excluding hydrogens is 480 g/mol. The van der Waals surface area contributed by atoms with E-state index in [0.717, 1.165) is 5.56 Å². The number of aryl methyl sites for hydroxylation is 1. The number of ketones is 1. The van der Waals surface area contributed by atoms with Crippen LogP contribution in [0.3, 0.4) is 0 Å². The number of halogens is 1. The summed E-state index contributed by atoms with van der Waals surface area (Å²) in [5, 5.41) is 3.33. The zero-order chi connectivity index (χ0) is 25.8. The zero-order valence-corrected chi connectivity index (χ0v) is 20.9. The van der Waals surface area contributed by atoms with Crippen LogP contribution in [-0.4, -0.2) is 28.8 Å². The molecule has 7 nitrogen and oxygen atoms in total. The zero-order valence-electron chi connectivity index (χ0n) is 20.2. The Hall–Kier alpha value is -3.71. The lowest BCUT2D eigenvalue weighted by Crippen LogP contribution is -2.38. The summed E-state index contributed by atoms with van der Waals surface area (Å²) in [6.07, 6.45) is 1.41. The quantitative estimate of drug-likeness (QED) is 0.467. The van der Waals surface area contributed by atoms with Crippen LogP contribution in [0, 0.1) is 6.92 Å². The minimum atomic E-state index is -0.715. The standard InChI is InChI=1S/C28H27ClN2O5/c1-3-36-26(33)16-23(18-9-7-17(2)8-10-18)30-27(34)22-15-21-24(5-4-6-25(21)32)31(28(22)35)20-13-11-19(29)12-14-20/h7-15,23H,3-6,16H2,1-2H3,(H,30,34). The molecule has 0 saturated heterocycles. The number of carbonyl (C=O) groups is 3. The van der Waals surface area contributed by atoms with Gasteiger partial charge in [-0.1, -0.05) is 41.4 Å². The van der Waals surface area contributed by atoms with Gasteiger partial charge in [-0.2, -0.15) is 0 Å². The highest BCUT2D eigenvalue weighted by Crippen LogP contribution is 2.25. The first-order valence-corrected chi connectivity index (χ1v) is 12.3. The largest absolute Gasteiger partial charge is 0.466 e. The number of benzene rings is 2. The first-order valence-electron chi connectivity index (χ1n) is 11.9. The Balaban J connectivity index is 1.77. The molecule has 1 atom stereocenters. The van der Waals surface area contributed by atoms with Crippen LogP contribution in [0.5, 0.6) is 0 Å². The normalized spacial score (nSPS) is 13.6. The monoisotopic (exact) mass is 506 g/mol. The number of hydrogen-bond donors (Lipinski definition) is 1. The molecule has 0 fully saturated rings. The molecule has 8 heteroatoms. The molecule has 0 spiro atoms. The summed E-state index contributed by atoms with van der Waals surface area (Å²) in [7, 11) is 0. The van der Waals surface area contributed by atoms with E-state index in [4.69, 9.17) is 16.3 Å². The van der Waals surface area contributed by atoms with Gasteiger partial charge in [0, 0.05) is 28.4 Å². The Bertz CT molecular complexity index is 1360. The Morgan fingerprint density at radius 2 is 1.75 bits per heavy atom. The van der Waals surface area contributed by atoms with Crippen molar-refractivity contribution < 1.29 is 19.1 Å². The third-order valence-corrected chi connectivity index (χ3v) is 6.46. The van der Waals surface area contributed by atoms with Gasteiger partial charge < -0.3 is 10.1 Å². The number of esters is 1. The molecule has 2 aromatic carbocycles. The van der Waals surface area contributed by atoms with Crippen molar-refractivity contribution in [3.05, 3.63) is 97.9 Å². The number of nitrogens with one attached hydrogen (secondary N) is 1. The van der Waals surface area contributed by atoms with Crippen LogP contribution in [0.1, 0.15) is 69.8 Å². The topological polar surface area (TPSA) is 94.5 Å². The van der Waals surface area contributed by atoms with Crippen LogP contribution in [-0.2, 0) is 16.0 Å². The third-order valence-electron chi connectivity index (χ3n) is 6.21. The van der Waals surface area contributed by atoms with Crippen LogP contribution in [0.25, 0.3) is 5.69 Å². The van der Waals surface area contributed by atoms with Crippen molar-refractivity contribution in [1.82, 2.24) is 9.88 Å². The van der Waals surface area contributed by atoms with Gasteiger partial charge in [-0.05, 0) is 62.6 Å². The van der Waals surface area contributed by atoms with Crippen molar-refractivity contribution in [2.24, 2.45) is 0 Å². The Morgan fingerprint density at radius 3 is 2.42 bits per heavy atom. The van der Waals surface area contributed by atoms with Gasteiger partial charge in [-0.25, -0.2) is 0 Å². The fourth-order valence-electron chi connectivity index (χ4n) is 4.39. The molecular formula is C28H27ClN2O5. The van der Waals surface area contributed by atoms with Gasteiger partial charge in [0.1, 0.15) is 5.56 Å². The van der Waals surface area contributed by atoms with Crippen LogP contribution in [0.2, 0.25) is 5.02 Å². The van der Waals surface area contributed by atoms with Crippen LogP contribution >= 0.6 is 11.6 Å². The Labute approximate surface area is 214 Å². The van der Waals surface area contributed by atoms with Gasteiger partial charge in [0.05, 0.1) is 19.1 Å². The van der Waals surface area contributed by atoms with Crippen molar-refractivity contribution in [2.45, 2.75) is 45.6 Å². The number of pyridine rings is 1. The summed E-state index contributed by atoms with van der Waals surface area (Å²) in [5.74, 6) is -1.25. The van der Waals surface area contributed by atoms with E-state index < -0.39 is 23.5 Å². The molecule has 4 rings (SSSR count). The second-order valence-electron chi connectivity index (χ2n) is 8.76. The van der Waals surface area contributed by atoms with Crippen LogP contribution in [0.15, 0.2) is 59.4 Å². The SMILES string of the molecule is CCOC(=O)CC(NC(=O)c1cc2c(n(-c3ccc(Cl)cc3)c1=O)CCCC2=O)c1ccc(C)cc1. The van der Waals surface area contributed by atoms with Crippen molar-refractivity contribution >= 4 is 29.3 Å². The number of hydrogen-bond acceptors (Lipinski definition) is 5. The van der Waals surface area contributed by atoms with Crippen molar-refractivity contribution in [1.29, 1.82) is 0 Å². The van der Waals surface area contributed by atoms with Gasteiger partial charge in [-0.15, -0.1) is 0 Å². The van der Waals surface area contributed by atoms with E-state index >= 15 is 0 Å². The van der Waals surface area contributed by atoms with Crippen LogP contribution < -0.4 is 10.9 Å². The number of nitrogens with zero attached hydrogens (tertiary/aromatic N) is 1. The lowest BCUT2D eigenvalue weighted by molar-refractivity contribution is -0.143. The van der Waals surface area contributed by atoms with Crippen molar-refractivity contribution in [2.75, 3.05) is 6.61 Å². The number of amides is 1. The Kier molecular flexibility index (Phi) is 7.70. The second-order valence-corrected chi connectivity index (χ2v) is 9.19. The molecule has 1 aliphatic rings. The molecule has 0 radical (unpaired) electrons. The molecule has 1 amide bonds. The van der Waals surface area contributed by atoms with E-state index in [1.807, 2.05) is 31.2 Å². The molecule has 0 saturated carbocycles. The number of ether oxygens (including phenoxy) is 1.